The Balaban J connectivity index is 3.42. The summed E-state index contributed by atoms with van der Waals surface area (Å²) in [6, 6.07) is -0.548. The van der Waals surface area contributed by atoms with Crippen LogP contribution in [0.25, 0.3) is 0 Å². The quantitative estimate of drug-likeness (QED) is 0.0320. The number of hydrogen-bond donors (Lipinski definition) is 3. The van der Waals surface area contributed by atoms with Crippen LogP contribution >= 0.6 is 0 Å². The first-order chi connectivity index (χ1) is 37.5. The number of rotatable bonds is 64. The zero-order valence-corrected chi connectivity index (χ0v) is 51.3. The van der Waals surface area contributed by atoms with Gasteiger partial charge in [-0.2, -0.15) is 0 Å². The molecule has 1 amide bonds. The molecule has 0 saturated carbocycles. The fraction of sp³-hybridized carbons (Fsp3) is 0.886. The lowest BCUT2D eigenvalue weighted by molar-refractivity contribution is -0.143. The van der Waals surface area contributed by atoms with Gasteiger partial charge < -0.3 is 20.3 Å². The summed E-state index contributed by atoms with van der Waals surface area (Å²) in [6.45, 7) is 4.91. The predicted molar refractivity (Wildman–Crippen MR) is 333 cm³/mol. The van der Waals surface area contributed by atoms with Crippen LogP contribution in [0.4, 0.5) is 0 Å². The van der Waals surface area contributed by atoms with Crippen LogP contribution in [0, 0.1) is 0 Å². The third-order valence-corrected chi connectivity index (χ3v) is 15.9. The van der Waals surface area contributed by atoms with Crippen LogP contribution in [0.15, 0.2) is 36.5 Å². The molecule has 2 unspecified atom stereocenters. The Hall–Kier alpha value is -1.92. The van der Waals surface area contributed by atoms with Crippen molar-refractivity contribution in [1.82, 2.24) is 5.32 Å². The largest absolute Gasteiger partial charge is 0.466 e. The van der Waals surface area contributed by atoms with Crippen molar-refractivity contribution in [3.8, 4) is 0 Å². The molecule has 3 N–H and O–H groups in total. The highest BCUT2D eigenvalue weighted by Gasteiger charge is 2.20. The fourth-order valence-corrected chi connectivity index (χ4v) is 10.7. The van der Waals surface area contributed by atoms with Gasteiger partial charge in [0.25, 0.3) is 0 Å². The molecule has 0 radical (unpaired) electrons. The molecule has 6 heteroatoms. The van der Waals surface area contributed by atoms with E-state index >= 15 is 0 Å². The van der Waals surface area contributed by atoms with E-state index in [1.54, 1.807) is 0 Å². The zero-order valence-electron chi connectivity index (χ0n) is 51.3. The van der Waals surface area contributed by atoms with E-state index in [1.165, 1.54) is 289 Å². The van der Waals surface area contributed by atoms with Crippen LogP contribution in [0.3, 0.4) is 0 Å². The molecule has 0 rings (SSSR count). The molecule has 0 fully saturated rings. The third kappa shape index (κ3) is 61.3. The maximum absolute atomic E-state index is 12.5. The first-order valence-corrected chi connectivity index (χ1v) is 34.2. The van der Waals surface area contributed by atoms with Gasteiger partial charge in [0.05, 0.1) is 25.4 Å². The maximum atomic E-state index is 12.5. The van der Waals surface area contributed by atoms with Gasteiger partial charge in [0.2, 0.25) is 5.91 Å². The summed E-state index contributed by atoms with van der Waals surface area (Å²) in [4.78, 5) is 24.6. The Labute approximate surface area is 474 Å². The fourth-order valence-electron chi connectivity index (χ4n) is 10.7. The summed E-state index contributed by atoms with van der Waals surface area (Å²) in [5.74, 6) is -0.0410. The van der Waals surface area contributed by atoms with Crippen LogP contribution in [-0.4, -0.2) is 47.4 Å². The molecule has 0 aromatic rings. The standard InChI is InChI=1S/C70H133NO5/c1-3-5-7-9-11-13-15-17-18-19-20-21-23-26-29-32-35-39-42-46-50-54-58-62-68(73)67(66-72)71-69(74)63-59-55-51-47-43-40-36-33-30-27-24-22-25-28-31-34-37-41-45-49-53-57-61-65-76-70(75)64-60-56-52-48-44-38-16-14-12-10-8-6-4-2/h8,10,14,16,27,30,67-68,72-73H,3-7,9,11-13,15,17-26,28-29,31-66H2,1-2H3,(H,71,74)/b10-8-,16-14-,30-27-. The summed E-state index contributed by atoms with van der Waals surface area (Å²) >= 11 is 0. The second kappa shape index (κ2) is 65.6. The van der Waals surface area contributed by atoms with Gasteiger partial charge in [0.15, 0.2) is 0 Å². The maximum Gasteiger partial charge on any atom is 0.305 e. The van der Waals surface area contributed by atoms with Gasteiger partial charge in [-0.15, -0.1) is 0 Å². The molecular formula is C70H133NO5. The van der Waals surface area contributed by atoms with Crippen LogP contribution in [0.5, 0.6) is 0 Å². The molecule has 6 nitrogen and oxygen atoms in total. The van der Waals surface area contributed by atoms with E-state index in [-0.39, 0.29) is 18.5 Å². The van der Waals surface area contributed by atoms with Gasteiger partial charge in [0, 0.05) is 12.8 Å². The Morgan fingerprint density at radius 1 is 0.368 bits per heavy atom. The van der Waals surface area contributed by atoms with Gasteiger partial charge >= 0.3 is 5.97 Å². The first kappa shape index (κ1) is 74.1. The highest BCUT2D eigenvalue weighted by Crippen LogP contribution is 2.18. The van der Waals surface area contributed by atoms with E-state index in [0.29, 0.717) is 25.9 Å². The minimum Gasteiger partial charge on any atom is -0.466 e. The normalized spacial score (nSPS) is 12.7. The predicted octanol–water partition coefficient (Wildman–Crippen LogP) is 21.9. The molecule has 448 valence electrons. The number of hydrogen-bond acceptors (Lipinski definition) is 5. The van der Waals surface area contributed by atoms with Crippen molar-refractivity contribution in [3.63, 3.8) is 0 Å². The molecule has 0 aliphatic heterocycles. The van der Waals surface area contributed by atoms with Crippen molar-refractivity contribution in [3.05, 3.63) is 36.5 Å². The topological polar surface area (TPSA) is 95.9 Å². The lowest BCUT2D eigenvalue weighted by atomic mass is 10.0. The number of nitrogens with one attached hydrogen (secondary N) is 1. The molecule has 0 aromatic heterocycles. The minimum absolute atomic E-state index is 0.00340. The monoisotopic (exact) mass is 1070 g/mol. The highest BCUT2D eigenvalue weighted by atomic mass is 16.5. The second-order valence-electron chi connectivity index (χ2n) is 23.5. The van der Waals surface area contributed by atoms with Crippen LogP contribution < -0.4 is 5.32 Å². The lowest BCUT2D eigenvalue weighted by Gasteiger charge is -2.22. The van der Waals surface area contributed by atoms with Crippen LogP contribution in [0.2, 0.25) is 0 Å². The van der Waals surface area contributed by atoms with Crippen LogP contribution in [-0.2, 0) is 14.3 Å². The SMILES string of the molecule is CCC/C=C\C/C=C\CCCCCCCC(=O)OCCCCCCCCCCCCCC/C=C\CCCCCCCCCC(=O)NC(CO)C(O)CCCCCCCCCCCCCCCCCCCCCCCCC. The van der Waals surface area contributed by atoms with Gasteiger partial charge in [0.1, 0.15) is 0 Å². The van der Waals surface area contributed by atoms with Crippen molar-refractivity contribution < 1.29 is 24.5 Å². The number of carbonyl (C=O) groups excluding carboxylic acids is 2. The average Bonchev–Trinajstić information content (AvgIpc) is 3.42. The number of carbonyl (C=O) groups is 2. The number of esters is 1. The Morgan fingerprint density at radius 2 is 0.684 bits per heavy atom. The Kier molecular flexibility index (Phi) is 63.9. The van der Waals surface area contributed by atoms with E-state index in [0.717, 1.165) is 51.4 Å². The molecule has 0 aliphatic carbocycles. The van der Waals surface area contributed by atoms with Crippen molar-refractivity contribution >= 4 is 11.9 Å². The Bertz CT molecular complexity index is 1230. The lowest BCUT2D eigenvalue weighted by Crippen LogP contribution is -2.45. The minimum atomic E-state index is -0.670. The van der Waals surface area contributed by atoms with E-state index in [2.05, 4.69) is 55.6 Å². The van der Waals surface area contributed by atoms with E-state index in [9.17, 15) is 19.8 Å². The number of aliphatic hydroxyl groups is 2. The van der Waals surface area contributed by atoms with Crippen molar-refractivity contribution in [2.45, 2.75) is 386 Å². The summed E-state index contributed by atoms with van der Waals surface area (Å²) in [5.41, 5.74) is 0. The first-order valence-electron chi connectivity index (χ1n) is 34.2. The number of allylic oxidation sites excluding steroid dienone is 6. The van der Waals surface area contributed by atoms with Gasteiger partial charge in [-0.1, -0.05) is 320 Å². The van der Waals surface area contributed by atoms with Gasteiger partial charge in [-0.3, -0.25) is 9.59 Å². The molecule has 0 aliphatic rings. The number of amides is 1. The summed E-state index contributed by atoms with van der Waals surface area (Å²) in [5, 5.41) is 23.4. The van der Waals surface area contributed by atoms with Crippen molar-refractivity contribution in [2.24, 2.45) is 0 Å². The van der Waals surface area contributed by atoms with E-state index in [1.807, 2.05) is 0 Å². The molecule has 0 aromatic carbocycles. The van der Waals surface area contributed by atoms with Gasteiger partial charge in [-0.25, -0.2) is 0 Å². The molecule has 2 atom stereocenters. The van der Waals surface area contributed by atoms with Crippen molar-refractivity contribution in [2.75, 3.05) is 13.2 Å². The molecular weight excluding hydrogens is 935 g/mol. The molecule has 0 heterocycles. The molecule has 0 spiro atoms. The van der Waals surface area contributed by atoms with E-state index < -0.39 is 12.1 Å². The van der Waals surface area contributed by atoms with Gasteiger partial charge in [-0.05, 0) is 77.0 Å². The molecule has 0 saturated heterocycles. The Morgan fingerprint density at radius 3 is 1.07 bits per heavy atom. The number of aliphatic hydroxyl groups excluding tert-OH is 2. The smallest absolute Gasteiger partial charge is 0.305 e. The van der Waals surface area contributed by atoms with E-state index in [4.69, 9.17) is 4.74 Å². The number of unbranched alkanes of at least 4 members (excludes halogenated alkanes) is 47. The third-order valence-electron chi connectivity index (χ3n) is 15.9. The van der Waals surface area contributed by atoms with Crippen molar-refractivity contribution in [1.29, 1.82) is 0 Å². The summed E-state index contributed by atoms with van der Waals surface area (Å²) in [7, 11) is 0. The number of ether oxygens (including phenoxy) is 1. The summed E-state index contributed by atoms with van der Waals surface area (Å²) < 4.78 is 5.47. The highest BCUT2D eigenvalue weighted by molar-refractivity contribution is 5.76. The summed E-state index contributed by atoms with van der Waals surface area (Å²) in [6.07, 6.45) is 83.2. The average molecular weight is 1070 g/mol. The second-order valence-corrected chi connectivity index (χ2v) is 23.5. The van der Waals surface area contributed by atoms with Crippen LogP contribution in [0.1, 0.15) is 373 Å². The zero-order chi connectivity index (χ0) is 55.0. The molecule has 76 heavy (non-hydrogen) atoms. The molecule has 0 bridgehead atoms.